The highest BCUT2D eigenvalue weighted by Crippen LogP contribution is 2.33. The fourth-order valence-electron chi connectivity index (χ4n) is 2.90. The lowest BCUT2D eigenvalue weighted by Crippen LogP contribution is -2.12. The topological polar surface area (TPSA) is 90.3 Å². The first-order valence-corrected chi connectivity index (χ1v) is 8.42. The predicted octanol–water partition coefficient (Wildman–Crippen LogP) is 3.78. The number of carbonyl (C=O) groups excluding carboxylic acids is 1. The molecule has 2 aromatic carbocycles. The molecule has 0 aliphatic rings. The number of hydrogen-bond acceptors (Lipinski definition) is 5. The van der Waals surface area contributed by atoms with Crippen LogP contribution >= 0.6 is 0 Å². The number of aromatic nitrogens is 1. The molecule has 6 nitrogen and oxygen atoms in total. The van der Waals surface area contributed by atoms with Gasteiger partial charge in [0, 0.05) is 6.20 Å². The van der Waals surface area contributed by atoms with Crippen LogP contribution in [0.3, 0.4) is 0 Å². The fraction of sp³-hybridized carbons (Fsp3) is 0.143. The van der Waals surface area contributed by atoms with E-state index in [4.69, 9.17) is 15.2 Å². The van der Waals surface area contributed by atoms with E-state index in [1.165, 1.54) is 13.3 Å². The molecule has 0 saturated heterocycles. The van der Waals surface area contributed by atoms with Gasteiger partial charge in [-0.3, -0.25) is 0 Å². The molecule has 0 aliphatic carbocycles. The zero-order valence-corrected chi connectivity index (χ0v) is 15.1. The Morgan fingerprint density at radius 3 is 2.56 bits per heavy atom. The molecule has 1 aromatic heterocycles. The van der Waals surface area contributed by atoms with Crippen molar-refractivity contribution in [1.82, 2.24) is 4.57 Å². The maximum Gasteiger partial charge on any atom is 0.357 e. The number of nitriles is 1. The Balaban J connectivity index is 2.26. The number of benzene rings is 2. The van der Waals surface area contributed by atoms with Crippen molar-refractivity contribution >= 4 is 11.7 Å². The van der Waals surface area contributed by atoms with Crippen LogP contribution in [0.15, 0.2) is 54.7 Å². The Morgan fingerprint density at radius 2 is 1.93 bits per heavy atom. The van der Waals surface area contributed by atoms with Gasteiger partial charge >= 0.3 is 5.97 Å². The van der Waals surface area contributed by atoms with Crippen LogP contribution in [-0.2, 0) is 4.74 Å². The second-order valence-corrected chi connectivity index (χ2v) is 5.76. The minimum absolute atomic E-state index is 0.0805. The highest BCUT2D eigenvalue weighted by molar-refractivity contribution is 5.96. The quantitative estimate of drug-likeness (QED) is 0.698. The van der Waals surface area contributed by atoms with Crippen LogP contribution in [0, 0.1) is 11.3 Å². The molecule has 0 radical (unpaired) electrons. The van der Waals surface area contributed by atoms with Crippen LogP contribution in [0.4, 0.5) is 5.69 Å². The van der Waals surface area contributed by atoms with Crippen molar-refractivity contribution in [3.8, 4) is 28.6 Å². The molecule has 0 bridgehead atoms. The summed E-state index contributed by atoms with van der Waals surface area (Å²) in [6, 6.07) is 17.5. The summed E-state index contributed by atoms with van der Waals surface area (Å²) in [4.78, 5) is 12.3. The molecule has 0 fully saturated rings. The van der Waals surface area contributed by atoms with Crippen molar-refractivity contribution in [2.45, 2.75) is 6.92 Å². The molecule has 27 heavy (non-hydrogen) atoms. The predicted molar refractivity (Wildman–Crippen MR) is 103 cm³/mol. The van der Waals surface area contributed by atoms with Crippen molar-refractivity contribution in [2.24, 2.45) is 0 Å². The fourth-order valence-corrected chi connectivity index (χ4v) is 2.90. The zero-order chi connectivity index (χ0) is 19.4. The average Bonchev–Trinajstić information content (AvgIpc) is 3.04. The summed E-state index contributed by atoms with van der Waals surface area (Å²) >= 11 is 0. The van der Waals surface area contributed by atoms with E-state index in [1.807, 2.05) is 61.5 Å². The van der Waals surface area contributed by atoms with Crippen LogP contribution in [0.2, 0.25) is 0 Å². The van der Waals surface area contributed by atoms with Crippen LogP contribution in [0.1, 0.15) is 23.0 Å². The summed E-state index contributed by atoms with van der Waals surface area (Å²) in [5, 5.41) is 9.34. The van der Waals surface area contributed by atoms with Crippen LogP contribution in [0.5, 0.6) is 5.75 Å². The number of nitrogens with zero attached hydrogens (tertiary/aromatic N) is 2. The van der Waals surface area contributed by atoms with Gasteiger partial charge < -0.3 is 19.8 Å². The van der Waals surface area contributed by atoms with Gasteiger partial charge in [0.25, 0.3) is 0 Å². The summed E-state index contributed by atoms with van der Waals surface area (Å²) in [5.41, 5.74) is 8.95. The minimum atomic E-state index is -0.624. The lowest BCUT2D eigenvalue weighted by molar-refractivity contribution is 0.0593. The Bertz CT molecular complexity index is 1020. The Labute approximate surface area is 157 Å². The number of rotatable bonds is 5. The van der Waals surface area contributed by atoms with Gasteiger partial charge in [0.15, 0.2) is 5.69 Å². The maximum absolute atomic E-state index is 12.3. The van der Waals surface area contributed by atoms with Crippen molar-refractivity contribution < 1.29 is 14.3 Å². The lowest BCUT2D eigenvalue weighted by atomic mass is 10.0. The SMILES string of the molecule is CCOc1ccc(-c2ccccc2)cc1-n1cc(C#N)c(N)c1C(=O)OC. The summed E-state index contributed by atoms with van der Waals surface area (Å²) in [6.45, 7) is 2.33. The normalized spacial score (nSPS) is 10.3. The van der Waals surface area contributed by atoms with E-state index in [1.54, 1.807) is 4.57 Å². The van der Waals surface area contributed by atoms with E-state index >= 15 is 0 Å². The summed E-state index contributed by atoms with van der Waals surface area (Å²) in [7, 11) is 1.27. The highest BCUT2D eigenvalue weighted by Gasteiger charge is 2.23. The minimum Gasteiger partial charge on any atom is -0.492 e. The molecule has 0 saturated carbocycles. The van der Waals surface area contributed by atoms with Crippen molar-refractivity contribution in [3.05, 3.63) is 66.0 Å². The molecule has 0 amide bonds. The first kappa shape index (κ1) is 18.1. The molecule has 0 aliphatic heterocycles. The van der Waals surface area contributed by atoms with E-state index in [-0.39, 0.29) is 16.9 Å². The van der Waals surface area contributed by atoms with Gasteiger partial charge in [-0.15, -0.1) is 0 Å². The van der Waals surface area contributed by atoms with Crippen molar-refractivity contribution in [3.63, 3.8) is 0 Å². The molecule has 3 rings (SSSR count). The molecule has 1 heterocycles. The monoisotopic (exact) mass is 361 g/mol. The second-order valence-electron chi connectivity index (χ2n) is 5.76. The first-order valence-electron chi connectivity index (χ1n) is 8.42. The number of anilines is 1. The second kappa shape index (κ2) is 7.67. The third-order valence-corrected chi connectivity index (χ3v) is 4.17. The lowest BCUT2D eigenvalue weighted by Gasteiger charge is -2.15. The molecular weight excluding hydrogens is 342 g/mol. The number of carbonyl (C=O) groups is 1. The van der Waals surface area contributed by atoms with Gasteiger partial charge in [0.05, 0.1) is 30.7 Å². The third kappa shape index (κ3) is 3.35. The number of nitrogens with two attached hydrogens (primary N) is 1. The Hall–Kier alpha value is -3.72. The molecule has 0 spiro atoms. The van der Waals surface area contributed by atoms with E-state index in [9.17, 15) is 10.1 Å². The molecular formula is C21H19N3O3. The van der Waals surface area contributed by atoms with Gasteiger partial charge in [0.1, 0.15) is 11.8 Å². The smallest absolute Gasteiger partial charge is 0.357 e. The Kier molecular flexibility index (Phi) is 5.13. The van der Waals surface area contributed by atoms with Gasteiger partial charge in [-0.05, 0) is 30.2 Å². The van der Waals surface area contributed by atoms with Gasteiger partial charge in [-0.1, -0.05) is 36.4 Å². The molecule has 6 heteroatoms. The van der Waals surface area contributed by atoms with Crippen LogP contribution in [-0.4, -0.2) is 24.3 Å². The number of methoxy groups -OCH3 is 1. The van der Waals surface area contributed by atoms with Crippen LogP contribution in [0.25, 0.3) is 16.8 Å². The Morgan fingerprint density at radius 1 is 1.19 bits per heavy atom. The standard InChI is InChI=1S/C21H19N3O3/c1-3-27-18-10-9-15(14-7-5-4-6-8-14)11-17(18)24-13-16(12-22)19(23)20(24)21(25)26-2/h4-11,13H,3,23H2,1-2H3. The number of nitrogen functional groups attached to an aromatic ring is 1. The van der Waals surface area contributed by atoms with Crippen LogP contribution < -0.4 is 10.5 Å². The van der Waals surface area contributed by atoms with E-state index in [0.29, 0.717) is 18.0 Å². The first-order chi connectivity index (χ1) is 13.1. The van der Waals surface area contributed by atoms with E-state index in [0.717, 1.165) is 11.1 Å². The van der Waals surface area contributed by atoms with E-state index < -0.39 is 5.97 Å². The molecule has 0 unspecified atom stereocenters. The summed E-state index contributed by atoms with van der Waals surface area (Å²) < 4.78 is 12.2. The van der Waals surface area contributed by atoms with Crippen molar-refractivity contribution in [1.29, 1.82) is 5.26 Å². The number of esters is 1. The molecule has 3 aromatic rings. The zero-order valence-electron chi connectivity index (χ0n) is 15.1. The molecule has 136 valence electrons. The summed E-state index contributed by atoms with van der Waals surface area (Å²) in [5.74, 6) is -0.0524. The molecule has 0 atom stereocenters. The van der Waals surface area contributed by atoms with Gasteiger partial charge in [0.2, 0.25) is 0 Å². The maximum atomic E-state index is 12.3. The van der Waals surface area contributed by atoms with E-state index in [2.05, 4.69) is 0 Å². The van der Waals surface area contributed by atoms with Crippen molar-refractivity contribution in [2.75, 3.05) is 19.5 Å². The van der Waals surface area contributed by atoms with Gasteiger partial charge in [-0.2, -0.15) is 5.26 Å². The molecule has 2 N–H and O–H groups in total. The summed E-state index contributed by atoms with van der Waals surface area (Å²) in [6.07, 6.45) is 1.52. The third-order valence-electron chi connectivity index (χ3n) is 4.17. The number of hydrogen-bond donors (Lipinski definition) is 1. The van der Waals surface area contributed by atoms with Gasteiger partial charge in [-0.25, -0.2) is 4.79 Å². The highest BCUT2D eigenvalue weighted by atomic mass is 16.5. The average molecular weight is 361 g/mol. The largest absolute Gasteiger partial charge is 0.492 e. The number of ether oxygens (including phenoxy) is 2.